The van der Waals surface area contributed by atoms with E-state index in [0.29, 0.717) is 24.3 Å². The lowest BCUT2D eigenvalue weighted by atomic mass is 9.70. The summed E-state index contributed by atoms with van der Waals surface area (Å²) in [6, 6.07) is 20.5. The molecule has 5 heteroatoms. The van der Waals surface area contributed by atoms with Crippen molar-refractivity contribution in [2.24, 2.45) is 0 Å². The molecule has 1 aliphatic heterocycles. The van der Waals surface area contributed by atoms with E-state index in [1.54, 1.807) is 24.3 Å². The van der Waals surface area contributed by atoms with E-state index < -0.39 is 5.60 Å². The van der Waals surface area contributed by atoms with Crippen molar-refractivity contribution in [1.82, 2.24) is 4.90 Å². The molecular formula is C40H49NO4. The highest BCUT2D eigenvalue weighted by molar-refractivity contribution is 6.21. The van der Waals surface area contributed by atoms with Gasteiger partial charge in [-0.05, 0) is 105 Å². The molecule has 45 heavy (non-hydrogen) atoms. The Bertz CT molecular complexity index is 1510. The van der Waals surface area contributed by atoms with E-state index in [0.717, 1.165) is 69.1 Å². The number of hydrogen-bond acceptors (Lipinski definition) is 4. The third-order valence-electron chi connectivity index (χ3n) is 10.2. The maximum absolute atomic E-state index is 12.6. The van der Waals surface area contributed by atoms with Crippen LogP contribution in [0.4, 0.5) is 0 Å². The first-order valence-electron chi connectivity index (χ1n) is 16.9. The summed E-state index contributed by atoms with van der Waals surface area (Å²) >= 11 is 0. The van der Waals surface area contributed by atoms with E-state index in [4.69, 9.17) is 4.74 Å². The van der Waals surface area contributed by atoms with Crippen molar-refractivity contribution in [3.63, 3.8) is 0 Å². The van der Waals surface area contributed by atoms with E-state index in [-0.39, 0.29) is 17.2 Å². The van der Waals surface area contributed by atoms with Gasteiger partial charge in [-0.1, -0.05) is 87.7 Å². The quantitative estimate of drug-likeness (QED) is 0.156. The molecule has 238 valence electrons. The number of unbranched alkanes of at least 4 members (excludes halogenated alkanes) is 2. The topological polar surface area (TPSA) is 66.8 Å². The van der Waals surface area contributed by atoms with Crippen molar-refractivity contribution in [2.75, 3.05) is 13.2 Å². The molecule has 1 aliphatic carbocycles. The molecule has 1 N–H and O–H groups in total. The highest BCUT2D eigenvalue weighted by Gasteiger charge is 2.34. The van der Waals surface area contributed by atoms with Crippen molar-refractivity contribution in [3.05, 3.63) is 106 Å². The molecule has 0 aromatic heterocycles. The number of fused-ring (bicyclic) bond motifs is 1. The Morgan fingerprint density at radius 2 is 1.44 bits per heavy atom. The van der Waals surface area contributed by atoms with E-state index in [2.05, 4.69) is 70.2 Å². The van der Waals surface area contributed by atoms with Gasteiger partial charge in [0.2, 0.25) is 0 Å². The van der Waals surface area contributed by atoms with E-state index in [9.17, 15) is 14.7 Å². The number of aliphatic hydroxyl groups is 1. The zero-order valence-electron chi connectivity index (χ0n) is 27.5. The summed E-state index contributed by atoms with van der Waals surface area (Å²) in [5.41, 5.74) is 6.41. The van der Waals surface area contributed by atoms with Gasteiger partial charge in [-0.25, -0.2) is 0 Å². The molecule has 2 amide bonds. The van der Waals surface area contributed by atoms with Gasteiger partial charge < -0.3 is 9.84 Å². The fourth-order valence-electron chi connectivity index (χ4n) is 7.25. The third-order valence-corrected chi connectivity index (χ3v) is 10.2. The van der Waals surface area contributed by atoms with Crippen molar-refractivity contribution >= 4 is 17.9 Å². The number of carbonyl (C=O) groups is 2. The number of aryl methyl sites for hydroxylation is 2. The molecular weight excluding hydrogens is 558 g/mol. The van der Waals surface area contributed by atoms with Crippen molar-refractivity contribution < 1.29 is 19.4 Å². The molecule has 0 bridgehead atoms. The zero-order valence-corrected chi connectivity index (χ0v) is 27.5. The molecule has 1 fully saturated rings. The van der Waals surface area contributed by atoms with Gasteiger partial charge in [-0.15, -0.1) is 0 Å². The average Bonchev–Trinajstić information content (AvgIpc) is 3.29. The highest BCUT2D eigenvalue weighted by Crippen LogP contribution is 2.41. The standard InChI is InChI=1S/C40H49NO4/c1-5-40(6-2,32-18-17-31(29(3)27-32)21-24-39(44)22-11-7-12-23-39)33-19-20-36(30(4)28-33)45-26-14-8-13-25-41-37(42)34-15-9-10-16-35(34)38(41)43/h9-10,15-21,24,27-28,44H,5-8,11-14,22-23,25-26H2,1-4H3. The Kier molecular flexibility index (Phi) is 10.3. The Morgan fingerprint density at radius 1 is 0.822 bits per heavy atom. The zero-order chi connectivity index (χ0) is 32.0. The molecule has 2 aliphatic rings. The second-order valence-corrected chi connectivity index (χ2v) is 13.1. The lowest BCUT2D eigenvalue weighted by Gasteiger charge is -2.34. The van der Waals surface area contributed by atoms with Gasteiger partial charge in [0.15, 0.2) is 0 Å². The van der Waals surface area contributed by atoms with Crippen LogP contribution in [-0.4, -0.2) is 40.6 Å². The fraction of sp³-hybridized carbons (Fsp3) is 0.450. The summed E-state index contributed by atoms with van der Waals surface area (Å²) in [7, 11) is 0. The summed E-state index contributed by atoms with van der Waals surface area (Å²) in [6.45, 7) is 9.87. The second kappa shape index (κ2) is 14.2. The van der Waals surface area contributed by atoms with Crippen LogP contribution in [0.25, 0.3) is 6.08 Å². The van der Waals surface area contributed by atoms with Crippen LogP contribution in [0.5, 0.6) is 5.75 Å². The average molecular weight is 608 g/mol. The van der Waals surface area contributed by atoms with Gasteiger partial charge in [-0.3, -0.25) is 14.5 Å². The smallest absolute Gasteiger partial charge is 0.261 e. The minimum Gasteiger partial charge on any atom is -0.493 e. The lowest BCUT2D eigenvalue weighted by molar-refractivity contribution is 0.0521. The predicted octanol–water partition coefficient (Wildman–Crippen LogP) is 8.96. The summed E-state index contributed by atoms with van der Waals surface area (Å²) in [6.07, 6.45) is 13.7. The summed E-state index contributed by atoms with van der Waals surface area (Å²) in [5.74, 6) is 0.530. The van der Waals surface area contributed by atoms with Crippen molar-refractivity contribution in [3.8, 4) is 5.75 Å². The Labute approximate surface area is 269 Å². The van der Waals surface area contributed by atoms with Gasteiger partial charge in [0, 0.05) is 12.0 Å². The van der Waals surface area contributed by atoms with E-state index in [1.165, 1.54) is 33.6 Å². The molecule has 0 atom stereocenters. The number of imide groups is 1. The maximum Gasteiger partial charge on any atom is 0.261 e. The fourth-order valence-corrected chi connectivity index (χ4v) is 7.25. The number of carbonyl (C=O) groups excluding carboxylic acids is 2. The summed E-state index contributed by atoms with van der Waals surface area (Å²) in [5, 5.41) is 10.9. The van der Waals surface area contributed by atoms with Crippen LogP contribution in [0.1, 0.15) is 127 Å². The molecule has 0 spiro atoms. The molecule has 3 aromatic rings. The second-order valence-electron chi connectivity index (χ2n) is 13.1. The van der Waals surface area contributed by atoms with Crippen molar-refractivity contribution in [2.45, 2.75) is 103 Å². The first-order valence-corrected chi connectivity index (χ1v) is 16.9. The predicted molar refractivity (Wildman–Crippen MR) is 182 cm³/mol. The van der Waals surface area contributed by atoms with E-state index >= 15 is 0 Å². The summed E-state index contributed by atoms with van der Waals surface area (Å²) in [4.78, 5) is 26.5. The normalized spacial score (nSPS) is 16.4. The van der Waals surface area contributed by atoms with Gasteiger partial charge in [0.25, 0.3) is 11.8 Å². The molecule has 0 radical (unpaired) electrons. The number of amides is 2. The molecule has 0 saturated heterocycles. The van der Waals surface area contributed by atoms with E-state index in [1.807, 2.05) is 6.08 Å². The SMILES string of the molecule is CCC(CC)(c1ccc(C=CC2(O)CCCCC2)c(C)c1)c1ccc(OCCCCCN2C(=O)c3ccccc3C2=O)c(C)c1. The Hall–Kier alpha value is -3.70. The van der Waals surface area contributed by atoms with Crippen molar-refractivity contribution in [1.29, 1.82) is 0 Å². The van der Waals surface area contributed by atoms with Gasteiger partial charge in [0.1, 0.15) is 5.75 Å². The number of benzene rings is 3. The van der Waals surface area contributed by atoms with Crippen LogP contribution in [-0.2, 0) is 5.41 Å². The van der Waals surface area contributed by atoms with Gasteiger partial charge >= 0.3 is 0 Å². The molecule has 3 aromatic carbocycles. The first kappa shape index (κ1) is 32.7. The van der Waals surface area contributed by atoms with Gasteiger partial charge in [-0.2, -0.15) is 0 Å². The third kappa shape index (κ3) is 6.94. The Balaban J connectivity index is 1.18. The molecule has 5 nitrogen and oxygen atoms in total. The van der Waals surface area contributed by atoms with Crippen LogP contribution in [0.15, 0.2) is 66.7 Å². The van der Waals surface area contributed by atoms with Crippen LogP contribution >= 0.6 is 0 Å². The number of rotatable bonds is 13. The highest BCUT2D eigenvalue weighted by atomic mass is 16.5. The maximum atomic E-state index is 12.6. The number of hydrogen-bond donors (Lipinski definition) is 1. The molecule has 1 heterocycles. The first-order chi connectivity index (χ1) is 21.7. The monoisotopic (exact) mass is 607 g/mol. The molecule has 5 rings (SSSR count). The van der Waals surface area contributed by atoms with Crippen LogP contribution in [0.3, 0.4) is 0 Å². The minimum absolute atomic E-state index is 0.0953. The Morgan fingerprint density at radius 3 is 2.04 bits per heavy atom. The lowest BCUT2D eigenvalue weighted by Crippen LogP contribution is -2.30. The van der Waals surface area contributed by atoms with Crippen LogP contribution in [0, 0.1) is 13.8 Å². The summed E-state index contributed by atoms with van der Waals surface area (Å²) < 4.78 is 6.19. The van der Waals surface area contributed by atoms with Crippen LogP contribution in [0.2, 0.25) is 0 Å². The largest absolute Gasteiger partial charge is 0.493 e. The van der Waals surface area contributed by atoms with Crippen LogP contribution < -0.4 is 4.74 Å². The minimum atomic E-state index is -0.664. The number of nitrogens with zero attached hydrogens (tertiary/aromatic N) is 1. The van der Waals surface area contributed by atoms with Gasteiger partial charge in [0.05, 0.1) is 23.3 Å². The number of ether oxygens (including phenoxy) is 1. The molecule has 0 unspecified atom stereocenters. The molecule has 1 saturated carbocycles.